The van der Waals surface area contributed by atoms with Crippen LogP contribution < -0.4 is 10.5 Å². The summed E-state index contributed by atoms with van der Waals surface area (Å²) < 4.78 is 5.86. The van der Waals surface area contributed by atoms with Gasteiger partial charge in [0.1, 0.15) is 5.75 Å². The second-order valence-corrected chi connectivity index (χ2v) is 6.90. The summed E-state index contributed by atoms with van der Waals surface area (Å²) >= 11 is 0. The lowest BCUT2D eigenvalue weighted by atomic mass is 9.92. The van der Waals surface area contributed by atoms with Crippen molar-refractivity contribution in [3.8, 4) is 5.75 Å². The molecule has 0 bridgehead atoms. The first-order chi connectivity index (χ1) is 10.9. The van der Waals surface area contributed by atoms with E-state index < -0.39 is 0 Å². The van der Waals surface area contributed by atoms with Crippen molar-refractivity contribution >= 4 is 5.91 Å². The van der Waals surface area contributed by atoms with Gasteiger partial charge in [0.05, 0.1) is 13.0 Å². The molecule has 0 radical (unpaired) electrons. The maximum absolute atomic E-state index is 12.4. The molecule has 0 spiro atoms. The number of benzene rings is 1. The molecule has 4 heteroatoms. The van der Waals surface area contributed by atoms with E-state index in [1.807, 2.05) is 17.9 Å². The number of hydrogen-bond donors (Lipinski definition) is 1. The number of nitrogens with zero attached hydrogens (tertiary/aromatic N) is 1. The number of rotatable bonds is 5. The van der Waals surface area contributed by atoms with Crippen LogP contribution in [0.2, 0.25) is 0 Å². The molecule has 1 fully saturated rings. The van der Waals surface area contributed by atoms with E-state index >= 15 is 0 Å². The predicted octanol–water partition coefficient (Wildman–Crippen LogP) is 2.97. The molecule has 0 unspecified atom stereocenters. The van der Waals surface area contributed by atoms with Gasteiger partial charge in [-0.3, -0.25) is 4.79 Å². The Kier molecular flexibility index (Phi) is 6.05. The number of carbonyl (C=O) groups excluding carboxylic acids is 1. The molecular weight excluding hydrogens is 288 g/mol. The van der Waals surface area contributed by atoms with Gasteiger partial charge in [-0.25, -0.2) is 0 Å². The zero-order chi connectivity index (χ0) is 17.0. The molecule has 23 heavy (non-hydrogen) atoms. The molecule has 1 amide bonds. The van der Waals surface area contributed by atoms with Crippen LogP contribution in [0, 0.1) is 26.7 Å². The molecule has 1 saturated heterocycles. The van der Waals surface area contributed by atoms with E-state index in [9.17, 15) is 4.79 Å². The Hall–Kier alpha value is -1.55. The lowest BCUT2D eigenvalue weighted by Gasteiger charge is -2.34. The van der Waals surface area contributed by atoms with Crippen LogP contribution in [-0.4, -0.2) is 36.5 Å². The van der Waals surface area contributed by atoms with Gasteiger partial charge in [0.15, 0.2) is 0 Å². The van der Waals surface area contributed by atoms with E-state index in [0.717, 1.165) is 37.2 Å². The molecule has 0 aromatic heterocycles. The number of piperidine rings is 1. The summed E-state index contributed by atoms with van der Waals surface area (Å²) in [4.78, 5) is 14.3. The van der Waals surface area contributed by atoms with Gasteiger partial charge in [-0.1, -0.05) is 6.07 Å². The molecule has 1 aliphatic rings. The van der Waals surface area contributed by atoms with Gasteiger partial charge in [-0.15, -0.1) is 0 Å². The van der Waals surface area contributed by atoms with Crippen molar-refractivity contribution in [3.05, 3.63) is 28.8 Å². The fourth-order valence-corrected chi connectivity index (χ4v) is 3.22. The SMILES string of the molecule is Cc1cc(C)c(C)c(OCCC(=O)N2CCC[C@@H]([C@@H](C)N)C2)c1. The third-order valence-electron chi connectivity index (χ3n) is 4.89. The molecule has 2 rings (SSSR count). The van der Waals surface area contributed by atoms with Crippen LogP contribution in [0.5, 0.6) is 5.75 Å². The van der Waals surface area contributed by atoms with Gasteiger partial charge in [0, 0.05) is 19.1 Å². The average molecular weight is 318 g/mol. The maximum Gasteiger partial charge on any atom is 0.226 e. The van der Waals surface area contributed by atoms with Crippen molar-refractivity contribution in [2.75, 3.05) is 19.7 Å². The van der Waals surface area contributed by atoms with Crippen molar-refractivity contribution in [2.45, 2.75) is 53.0 Å². The summed E-state index contributed by atoms with van der Waals surface area (Å²) in [6.45, 7) is 10.3. The number of nitrogens with two attached hydrogens (primary N) is 1. The highest BCUT2D eigenvalue weighted by Crippen LogP contribution is 2.24. The second kappa shape index (κ2) is 7.82. The lowest BCUT2D eigenvalue weighted by Crippen LogP contribution is -2.45. The highest BCUT2D eigenvalue weighted by Gasteiger charge is 2.25. The molecule has 1 heterocycles. The number of ether oxygens (including phenoxy) is 1. The number of aryl methyl sites for hydroxylation is 2. The van der Waals surface area contributed by atoms with Gasteiger partial charge >= 0.3 is 0 Å². The van der Waals surface area contributed by atoms with Crippen molar-refractivity contribution in [1.82, 2.24) is 4.90 Å². The van der Waals surface area contributed by atoms with E-state index in [-0.39, 0.29) is 11.9 Å². The van der Waals surface area contributed by atoms with Crippen LogP contribution in [-0.2, 0) is 4.79 Å². The number of amides is 1. The van der Waals surface area contributed by atoms with Crippen LogP contribution in [0.4, 0.5) is 0 Å². The fourth-order valence-electron chi connectivity index (χ4n) is 3.22. The number of likely N-dealkylation sites (tertiary alicyclic amines) is 1. The molecular formula is C19H30N2O2. The van der Waals surface area contributed by atoms with Crippen LogP contribution in [0.15, 0.2) is 12.1 Å². The standard InChI is InChI=1S/C19H30N2O2/c1-13-10-14(2)15(3)18(11-13)23-9-7-19(22)21-8-5-6-17(12-21)16(4)20/h10-11,16-17H,5-9,12,20H2,1-4H3/t16-,17-/m1/s1. The Labute approximate surface area is 140 Å². The molecule has 1 aliphatic heterocycles. The normalized spacial score (nSPS) is 19.5. The van der Waals surface area contributed by atoms with Crippen LogP contribution in [0.3, 0.4) is 0 Å². The molecule has 1 aromatic carbocycles. The van der Waals surface area contributed by atoms with E-state index in [0.29, 0.717) is 18.9 Å². The van der Waals surface area contributed by atoms with Gasteiger partial charge < -0.3 is 15.4 Å². The Bertz CT molecular complexity index is 555. The van der Waals surface area contributed by atoms with Gasteiger partial charge in [0.2, 0.25) is 5.91 Å². The van der Waals surface area contributed by atoms with Crippen molar-refractivity contribution < 1.29 is 9.53 Å². The largest absolute Gasteiger partial charge is 0.493 e. The minimum absolute atomic E-state index is 0.153. The molecule has 1 aromatic rings. The van der Waals surface area contributed by atoms with Crippen LogP contribution >= 0.6 is 0 Å². The number of hydrogen-bond acceptors (Lipinski definition) is 3. The summed E-state index contributed by atoms with van der Waals surface area (Å²) in [7, 11) is 0. The van der Waals surface area contributed by atoms with Crippen LogP contribution in [0.25, 0.3) is 0 Å². The zero-order valence-electron chi connectivity index (χ0n) is 14.9. The Balaban J connectivity index is 1.85. The lowest BCUT2D eigenvalue weighted by molar-refractivity contribution is -0.133. The molecule has 128 valence electrons. The molecule has 2 N–H and O–H groups in total. The first-order valence-electron chi connectivity index (χ1n) is 8.62. The summed E-state index contributed by atoms with van der Waals surface area (Å²) in [6, 6.07) is 4.34. The number of carbonyl (C=O) groups is 1. The minimum Gasteiger partial charge on any atom is -0.493 e. The summed E-state index contributed by atoms with van der Waals surface area (Å²) in [5.74, 6) is 1.50. The third-order valence-corrected chi connectivity index (χ3v) is 4.89. The highest BCUT2D eigenvalue weighted by molar-refractivity contribution is 5.76. The van der Waals surface area contributed by atoms with E-state index in [1.165, 1.54) is 11.1 Å². The van der Waals surface area contributed by atoms with Crippen molar-refractivity contribution in [1.29, 1.82) is 0 Å². The van der Waals surface area contributed by atoms with E-state index in [2.05, 4.69) is 26.8 Å². The molecule has 0 aliphatic carbocycles. The Morgan fingerprint density at radius 3 is 2.83 bits per heavy atom. The molecule has 0 saturated carbocycles. The van der Waals surface area contributed by atoms with Gasteiger partial charge in [-0.05, 0) is 69.2 Å². The Morgan fingerprint density at radius 2 is 2.13 bits per heavy atom. The quantitative estimate of drug-likeness (QED) is 0.908. The topological polar surface area (TPSA) is 55.6 Å². The Morgan fingerprint density at radius 1 is 1.39 bits per heavy atom. The molecule has 4 nitrogen and oxygen atoms in total. The first-order valence-corrected chi connectivity index (χ1v) is 8.62. The van der Waals surface area contributed by atoms with Crippen LogP contribution in [0.1, 0.15) is 42.9 Å². The van der Waals surface area contributed by atoms with Gasteiger partial charge in [0.25, 0.3) is 0 Å². The van der Waals surface area contributed by atoms with Gasteiger partial charge in [-0.2, -0.15) is 0 Å². The summed E-state index contributed by atoms with van der Waals surface area (Å²) in [5.41, 5.74) is 9.55. The average Bonchev–Trinajstić information content (AvgIpc) is 2.51. The summed E-state index contributed by atoms with van der Waals surface area (Å²) in [6.07, 6.45) is 2.60. The second-order valence-electron chi connectivity index (χ2n) is 6.90. The van der Waals surface area contributed by atoms with Crippen molar-refractivity contribution in [3.63, 3.8) is 0 Å². The first kappa shape index (κ1) is 17.8. The molecule has 2 atom stereocenters. The highest BCUT2D eigenvalue weighted by atomic mass is 16.5. The van der Waals surface area contributed by atoms with E-state index in [4.69, 9.17) is 10.5 Å². The predicted molar refractivity (Wildman–Crippen MR) is 93.7 cm³/mol. The summed E-state index contributed by atoms with van der Waals surface area (Å²) in [5, 5.41) is 0. The minimum atomic E-state index is 0.153. The van der Waals surface area contributed by atoms with Crippen molar-refractivity contribution in [2.24, 2.45) is 11.7 Å². The third kappa shape index (κ3) is 4.71. The maximum atomic E-state index is 12.4. The zero-order valence-corrected chi connectivity index (χ0v) is 14.9. The monoisotopic (exact) mass is 318 g/mol. The van der Waals surface area contributed by atoms with E-state index in [1.54, 1.807) is 0 Å². The fraction of sp³-hybridized carbons (Fsp3) is 0.632. The smallest absolute Gasteiger partial charge is 0.226 e.